The van der Waals surface area contributed by atoms with Gasteiger partial charge in [-0.1, -0.05) is 13.8 Å². The number of halogens is 1. The number of ketones is 1. The van der Waals surface area contributed by atoms with Crippen LogP contribution >= 0.6 is 0 Å². The minimum absolute atomic E-state index is 0.140. The molecular formula is C18H22FN3O2. The fourth-order valence-corrected chi connectivity index (χ4v) is 2.51. The van der Waals surface area contributed by atoms with Crippen LogP contribution in [-0.4, -0.2) is 27.5 Å². The minimum atomic E-state index is -0.385. The Bertz CT molecular complexity index is 735. The summed E-state index contributed by atoms with van der Waals surface area (Å²) in [6, 6.07) is 6.80. The molecule has 0 aliphatic heterocycles. The van der Waals surface area contributed by atoms with E-state index in [9.17, 15) is 14.0 Å². The highest BCUT2D eigenvalue weighted by molar-refractivity contribution is 5.97. The van der Waals surface area contributed by atoms with Crippen molar-refractivity contribution in [3.05, 3.63) is 53.1 Å². The van der Waals surface area contributed by atoms with Crippen LogP contribution in [0, 0.1) is 5.82 Å². The fourth-order valence-electron chi connectivity index (χ4n) is 2.51. The Morgan fingerprint density at radius 3 is 2.38 bits per heavy atom. The molecule has 0 unspecified atom stereocenters. The molecule has 0 aliphatic carbocycles. The summed E-state index contributed by atoms with van der Waals surface area (Å²) in [6.07, 6.45) is 0.140. The SMILES string of the molecule is CC(C)c1cc(C(=O)N[C@H](C)CC(=O)c2ccc(F)cc2)nn1C. The average Bonchev–Trinajstić information content (AvgIpc) is 2.90. The first-order valence-electron chi connectivity index (χ1n) is 7.91. The zero-order chi connectivity index (χ0) is 17.9. The maximum atomic E-state index is 12.9. The Balaban J connectivity index is 1.97. The fraction of sp³-hybridized carbons (Fsp3) is 0.389. The molecule has 0 radical (unpaired) electrons. The number of aryl methyl sites for hydroxylation is 1. The lowest BCUT2D eigenvalue weighted by molar-refractivity contribution is 0.0914. The first-order valence-corrected chi connectivity index (χ1v) is 7.91. The van der Waals surface area contributed by atoms with Crippen LogP contribution in [0.4, 0.5) is 4.39 Å². The maximum Gasteiger partial charge on any atom is 0.272 e. The summed E-state index contributed by atoms with van der Waals surface area (Å²) in [6.45, 7) is 5.82. The van der Waals surface area contributed by atoms with Gasteiger partial charge in [0.15, 0.2) is 5.78 Å². The van der Waals surface area contributed by atoms with Gasteiger partial charge in [-0.2, -0.15) is 5.10 Å². The highest BCUT2D eigenvalue weighted by atomic mass is 19.1. The molecule has 128 valence electrons. The van der Waals surface area contributed by atoms with Crippen molar-refractivity contribution in [1.82, 2.24) is 15.1 Å². The van der Waals surface area contributed by atoms with Crippen LogP contribution in [0.5, 0.6) is 0 Å². The number of carbonyl (C=O) groups excluding carboxylic acids is 2. The number of hydrogen-bond donors (Lipinski definition) is 1. The molecule has 0 saturated carbocycles. The van der Waals surface area contributed by atoms with Gasteiger partial charge in [0.1, 0.15) is 11.5 Å². The number of hydrogen-bond acceptors (Lipinski definition) is 3. The van der Waals surface area contributed by atoms with Crippen molar-refractivity contribution in [3.8, 4) is 0 Å². The van der Waals surface area contributed by atoms with Gasteiger partial charge < -0.3 is 5.32 Å². The van der Waals surface area contributed by atoms with E-state index in [1.807, 2.05) is 13.8 Å². The molecule has 1 atom stereocenters. The third-order valence-electron chi connectivity index (χ3n) is 3.78. The molecule has 5 nitrogen and oxygen atoms in total. The number of nitrogens with one attached hydrogen (secondary N) is 1. The van der Waals surface area contributed by atoms with Gasteiger partial charge in [-0.25, -0.2) is 4.39 Å². The molecule has 0 bridgehead atoms. The van der Waals surface area contributed by atoms with Crippen LogP contribution in [0.25, 0.3) is 0 Å². The summed E-state index contributed by atoms with van der Waals surface area (Å²) >= 11 is 0. The van der Waals surface area contributed by atoms with Gasteiger partial charge in [0.25, 0.3) is 5.91 Å². The number of carbonyl (C=O) groups is 2. The maximum absolute atomic E-state index is 12.9. The summed E-state index contributed by atoms with van der Waals surface area (Å²) in [5.41, 5.74) is 1.73. The Kier molecular flexibility index (Phi) is 5.49. The van der Waals surface area contributed by atoms with Gasteiger partial charge >= 0.3 is 0 Å². The molecule has 1 aromatic carbocycles. The number of rotatable bonds is 6. The number of aromatic nitrogens is 2. The van der Waals surface area contributed by atoms with Crippen molar-refractivity contribution >= 4 is 11.7 Å². The van der Waals surface area contributed by atoms with Gasteiger partial charge in [-0.15, -0.1) is 0 Å². The smallest absolute Gasteiger partial charge is 0.272 e. The average molecular weight is 331 g/mol. The van der Waals surface area contributed by atoms with Crippen LogP contribution in [0.3, 0.4) is 0 Å². The molecule has 2 rings (SSSR count). The number of benzene rings is 1. The lowest BCUT2D eigenvalue weighted by Gasteiger charge is -2.12. The van der Waals surface area contributed by atoms with E-state index in [-0.39, 0.29) is 35.9 Å². The minimum Gasteiger partial charge on any atom is -0.348 e. The van der Waals surface area contributed by atoms with E-state index in [1.54, 1.807) is 24.7 Å². The molecule has 1 aromatic heterocycles. The zero-order valence-electron chi connectivity index (χ0n) is 14.3. The molecule has 6 heteroatoms. The number of nitrogens with zero attached hydrogens (tertiary/aromatic N) is 2. The lowest BCUT2D eigenvalue weighted by atomic mass is 10.0. The van der Waals surface area contributed by atoms with Gasteiger partial charge in [0, 0.05) is 30.8 Å². The first kappa shape index (κ1) is 17.8. The largest absolute Gasteiger partial charge is 0.348 e. The first-order chi connectivity index (χ1) is 11.3. The standard InChI is InChI=1S/C18H22FN3O2/c1-11(2)16-10-15(21-22(16)4)18(24)20-12(3)9-17(23)13-5-7-14(19)8-6-13/h5-8,10-12H,9H2,1-4H3,(H,20,24)/t12-/m1/s1. The summed E-state index contributed by atoms with van der Waals surface area (Å²) in [5.74, 6) is -0.575. The monoisotopic (exact) mass is 331 g/mol. The third kappa shape index (κ3) is 4.28. The van der Waals surface area contributed by atoms with Crippen LogP contribution in [0.15, 0.2) is 30.3 Å². The molecule has 2 aromatic rings. The van der Waals surface area contributed by atoms with E-state index in [0.717, 1.165) is 5.69 Å². The Morgan fingerprint density at radius 1 is 1.21 bits per heavy atom. The van der Waals surface area contributed by atoms with E-state index in [1.165, 1.54) is 24.3 Å². The molecule has 1 N–H and O–H groups in total. The summed E-state index contributed by atoms with van der Waals surface area (Å²) < 4.78 is 14.6. The second-order valence-electron chi connectivity index (χ2n) is 6.24. The predicted molar refractivity (Wildman–Crippen MR) is 89.6 cm³/mol. The van der Waals surface area contributed by atoms with Crippen molar-refractivity contribution in [2.24, 2.45) is 7.05 Å². The van der Waals surface area contributed by atoms with Gasteiger partial charge in [0.05, 0.1) is 0 Å². The highest BCUT2D eigenvalue weighted by Gasteiger charge is 2.18. The Morgan fingerprint density at radius 2 is 1.83 bits per heavy atom. The summed E-state index contributed by atoms with van der Waals surface area (Å²) in [5, 5.41) is 6.99. The van der Waals surface area contributed by atoms with E-state index < -0.39 is 0 Å². The van der Waals surface area contributed by atoms with Crippen LogP contribution < -0.4 is 5.32 Å². The van der Waals surface area contributed by atoms with E-state index >= 15 is 0 Å². The topological polar surface area (TPSA) is 64.0 Å². The zero-order valence-corrected chi connectivity index (χ0v) is 14.3. The van der Waals surface area contributed by atoms with Crippen molar-refractivity contribution in [1.29, 1.82) is 0 Å². The molecule has 1 heterocycles. The van der Waals surface area contributed by atoms with Crippen molar-refractivity contribution in [3.63, 3.8) is 0 Å². The molecule has 1 amide bonds. The Hall–Kier alpha value is -2.50. The normalized spacial score (nSPS) is 12.2. The molecule has 0 fully saturated rings. The quantitative estimate of drug-likeness (QED) is 0.827. The highest BCUT2D eigenvalue weighted by Crippen LogP contribution is 2.15. The Labute approximate surface area is 140 Å². The molecule has 0 aliphatic rings. The van der Waals surface area contributed by atoms with Crippen molar-refractivity contribution in [2.75, 3.05) is 0 Å². The predicted octanol–water partition coefficient (Wildman–Crippen LogP) is 3.07. The second kappa shape index (κ2) is 7.38. The van der Waals surface area contributed by atoms with Gasteiger partial charge in [-0.05, 0) is 43.2 Å². The van der Waals surface area contributed by atoms with Crippen molar-refractivity contribution < 1.29 is 14.0 Å². The molecule has 0 spiro atoms. The van der Waals surface area contributed by atoms with Crippen LogP contribution in [-0.2, 0) is 7.05 Å². The van der Waals surface area contributed by atoms with E-state index in [0.29, 0.717) is 11.3 Å². The summed E-state index contributed by atoms with van der Waals surface area (Å²) in [7, 11) is 1.80. The van der Waals surface area contributed by atoms with Crippen LogP contribution in [0.2, 0.25) is 0 Å². The summed E-state index contributed by atoms with van der Waals surface area (Å²) in [4.78, 5) is 24.4. The third-order valence-corrected chi connectivity index (χ3v) is 3.78. The van der Waals surface area contributed by atoms with Crippen molar-refractivity contribution in [2.45, 2.75) is 39.2 Å². The van der Waals surface area contributed by atoms with Gasteiger partial charge in [0.2, 0.25) is 0 Å². The molecular weight excluding hydrogens is 309 g/mol. The van der Waals surface area contributed by atoms with Crippen LogP contribution in [0.1, 0.15) is 59.7 Å². The van der Waals surface area contributed by atoms with E-state index in [2.05, 4.69) is 10.4 Å². The second-order valence-corrected chi connectivity index (χ2v) is 6.24. The molecule has 0 saturated heterocycles. The van der Waals surface area contributed by atoms with Gasteiger partial charge in [-0.3, -0.25) is 14.3 Å². The number of amides is 1. The molecule has 24 heavy (non-hydrogen) atoms. The lowest BCUT2D eigenvalue weighted by Crippen LogP contribution is -2.34. The number of Topliss-reactive ketones (excluding diaryl/α,β-unsaturated/α-hetero) is 1. The van der Waals surface area contributed by atoms with E-state index in [4.69, 9.17) is 0 Å².